The number of aromatic nitrogens is 4. The smallest absolute Gasteiger partial charge is 0.182 e. The van der Waals surface area contributed by atoms with Crippen LogP contribution in [0.1, 0.15) is 6.42 Å². The fraction of sp³-hybridized carbons (Fsp3) is 0.583. The predicted molar refractivity (Wildman–Crippen MR) is 75.7 cm³/mol. The van der Waals surface area contributed by atoms with Crippen LogP contribution < -0.4 is 4.90 Å². The van der Waals surface area contributed by atoms with Crippen molar-refractivity contribution in [3.05, 3.63) is 12.7 Å². The summed E-state index contributed by atoms with van der Waals surface area (Å²) in [7, 11) is 0. The van der Waals surface area contributed by atoms with Gasteiger partial charge in [0, 0.05) is 32.1 Å². The van der Waals surface area contributed by atoms with Gasteiger partial charge in [-0.3, -0.25) is 0 Å². The summed E-state index contributed by atoms with van der Waals surface area (Å²) in [4.78, 5) is 20.6. The van der Waals surface area contributed by atoms with Gasteiger partial charge < -0.3 is 14.8 Å². The molecule has 0 spiro atoms. The van der Waals surface area contributed by atoms with Crippen molar-refractivity contribution in [1.29, 1.82) is 0 Å². The molecule has 0 bridgehead atoms. The second-order valence-corrected chi connectivity index (χ2v) is 5.05. The van der Waals surface area contributed by atoms with Gasteiger partial charge in [0.05, 0.1) is 6.33 Å². The highest BCUT2D eigenvalue weighted by Crippen LogP contribution is 2.20. The zero-order valence-electron chi connectivity index (χ0n) is 10.7. The molecule has 1 fully saturated rings. The van der Waals surface area contributed by atoms with Gasteiger partial charge in [-0.15, -0.1) is 11.6 Å². The predicted octanol–water partition coefficient (Wildman–Crippen LogP) is 1.10. The molecule has 0 unspecified atom stereocenters. The molecule has 6 nitrogen and oxygen atoms in total. The highest BCUT2D eigenvalue weighted by molar-refractivity contribution is 6.18. The number of rotatable bonds is 3. The quantitative estimate of drug-likeness (QED) is 0.854. The van der Waals surface area contributed by atoms with Crippen LogP contribution in [0.25, 0.3) is 11.2 Å². The minimum atomic E-state index is 0.693. The second-order valence-electron chi connectivity index (χ2n) is 4.67. The summed E-state index contributed by atoms with van der Waals surface area (Å²) in [6, 6.07) is 0. The first-order valence-electron chi connectivity index (χ1n) is 6.56. The lowest BCUT2D eigenvalue weighted by molar-refractivity contribution is 0.311. The molecule has 0 aliphatic carbocycles. The lowest BCUT2D eigenvalue weighted by Gasteiger charge is -2.22. The molecule has 19 heavy (non-hydrogen) atoms. The van der Waals surface area contributed by atoms with Crippen LogP contribution in [-0.2, 0) is 0 Å². The molecule has 1 N–H and O–H groups in total. The number of halogens is 1. The van der Waals surface area contributed by atoms with Gasteiger partial charge in [0.1, 0.15) is 11.8 Å². The number of alkyl halides is 1. The van der Waals surface area contributed by atoms with Crippen LogP contribution in [0.2, 0.25) is 0 Å². The number of fused-ring (bicyclic) bond motifs is 1. The fourth-order valence-corrected chi connectivity index (χ4v) is 2.76. The third-order valence-electron chi connectivity index (χ3n) is 3.49. The van der Waals surface area contributed by atoms with E-state index in [9.17, 15) is 0 Å². The Hall–Kier alpha value is -1.40. The van der Waals surface area contributed by atoms with E-state index in [1.165, 1.54) is 0 Å². The van der Waals surface area contributed by atoms with Crippen LogP contribution in [0.4, 0.5) is 5.82 Å². The largest absolute Gasteiger partial charge is 0.353 e. The van der Waals surface area contributed by atoms with Crippen molar-refractivity contribution in [3.8, 4) is 0 Å². The van der Waals surface area contributed by atoms with Crippen LogP contribution in [-0.4, -0.2) is 63.4 Å². The summed E-state index contributed by atoms with van der Waals surface area (Å²) in [5, 5.41) is 0. The second kappa shape index (κ2) is 5.71. The average molecular weight is 281 g/mol. The monoisotopic (exact) mass is 280 g/mol. The molecule has 3 heterocycles. The van der Waals surface area contributed by atoms with Crippen LogP contribution >= 0.6 is 11.6 Å². The third kappa shape index (κ3) is 2.64. The van der Waals surface area contributed by atoms with Crippen molar-refractivity contribution in [3.63, 3.8) is 0 Å². The zero-order valence-corrected chi connectivity index (χ0v) is 11.5. The molecule has 1 aliphatic rings. The Morgan fingerprint density at radius 2 is 2.11 bits per heavy atom. The summed E-state index contributed by atoms with van der Waals surface area (Å²) < 4.78 is 0. The Morgan fingerprint density at radius 1 is 1.16 bits per heavy atom. The van der Waals surface area contributed by atoms with Gasteiger partial charge in [-0.25, -0.2) is 15.0 Å². The molecule has 2 aromatic rings. The van der Waals surface area contributed by atoms with Crippen LogP contribution in [0.15, 0.2) is 12.7 Å². The lowest BCUT2D eigenvalue weighted by Crippen LogP contribution is -2.32. The Morgan fingerprint density at radius 3 is 3.00 bits per heavy atom. The van der Waals surface area contributed by atoms with Crippen molar-refractivity contribution in [2.45, 2.75) is 6.42 Å². The number of anilines is 1. The third-order valence-corrected chi connectivity index (χ3v) is 3.66. The molecule has 0 amide bonds. The first kappa shape index (κ1) is 12.6. The number of hydrogen-bond donors (Lipinski definition) is 1. The highest BCUT2D eigenvalue weighted by atomic mass is 35.5. The zero-order chi connectivity index (χ0) is 13.1. The van der Waals surface area contributed by atoms with Gasteiger partial charge in [0.25, 0.3) is 0 Å². The molecule has 0 aromatic carbocycles. The lowest BCUT2D eigenvalue weighted by atomic mass is 10.3. The number of aromatic amines is 1. The van der Waals surface area contributed by atoms with Gasteiger partial charge in [0.2, 0.25) is 0 Å². The van der Waals surface area contributed by atoms with Gasteiger partial charge in [-0.1, -0.05) is 0 Å². The Kier molecular flexibility index (Phi) is 3.79. The summed E-state index contributed by atoms with van der Waals surface area (Å²) in [5.74, 6) is 1.65. The molecule has 1 saturated heterocycles. The van der Waals surface area contributed by atoms with E-state index in [1.54, 1.807) is 12.7 Å². The summed E-state index contributed by atoms with van der Waals surface area (Å²) >= 11 is 5.82. The SMILES string of the molecule is ClCCN1CCCN(c2ncnc3nc[nH]c23)CC1. The van der Waals surface area contributed by atoms with Crippen molar-refractivity contribution in [1.82, 2.24) is 24.8 Å². The molecule has 0 atom stereocenters. The van der Waals surface area contributed by atoms with Gasteiger partial charge in [-0.05, 0) is 13.0 Å². The molecule has 7 heteroatoms. The van der Waals surface area contributed by atoms with E-state index < -0.39 is 0 Å². The van der Waals surface area contributed by atoms with Gasteiger partial charge in [-0.2, -0.15) is 0 Å². The molecule has 0 saturated carbocycles. The number of nitrogens with one attached hydrogen (secondary N) is 1. The van der Waals surface area contributed by atoms with Crippen LogP contribution in [0.3, 0.4) is 0 Å². The molecule has 0 radical (unpaired) electrons. The summed E-state index contributed by atoms with van der Waals surface area (Å²) in [6.45, 7) is 5.04. The first-order valence-corrected chi connectivity index (χ1v) is 7.09. The number of nitrogens with zero attached hydrogens (tertiary/aromatic N) is 5. The standard InChI is InChI=1S/C12H17ClN6/c13-2-5-18-3-1-4-19(7-6-18)12-10-11(15-8-14-10)16-9-17-12/h8-9H,1-7H2,(H,14,15,16,17). The van der Waals surface area contributed by atoms with E-state index in [1.807, 2.05) is 0 Å². The van der Waals surface area contributed by atoms with E-state index in [0.717, 1.165) is 56.1 Å². The number of hydrogen-bond acceptors (Lipinski definition) is 5. The first-order chi connectivity index (χ1) is 9.38. The normalized spacial score (nSPS) is 17.8. The molecule has 1 aliphatic heterocycles. The van der Waals surface area contributed by atoms with Crippen LogP contribution in [0.5, 0.6) is 0 Å². The maximum atomic E-state index is 5.82. The van der Waals surface area contributed by atoms with E-state index >= 15 is 0 Å². The molecule has 3 rings (SSSR count). The van der Waals surface area contributed by atoms with E-state index in [2.05, 4.69) is 29.7 Å². The number of H-pyrrole nitrogens is 1. The maximum Gasteiger partial charge on any atom is 0.182 e. The molecular formula is C12H17ClN6. The Labute approximate surface area is 116 Å². The van der Waals surface area contributed by atoms with Crippen molar-refractivity contribution >= 4 is 28.6 Å². The van der Waals surface area contributed by atoms with E-state index in [4.69, 9.17) is 11.6 Å². The minimum Gasteiger partial charge on any atom is -0.353 e. The number of imidazole rings is 1. The Bertz CT molecular complexity index is 542. The molecular weight excluding hydrogens is 264 g/mol. The fourth-order valence-electron chi connectivity index (χ4n) is 2.52. The average Bonchev–Trinajstić information content (AvgIpc) is 2.79. The van der Waals surface area contributed by atoms with Crippen molar-refractivity contribution in [2.24, 2.45) is 0 Å². The van der Waals surface area contributed by atoms with Crippen molar-refractivity contribution < 1.29 is 0 Å². The van der Waals surface area contributed by atoms with E-state index in [0.29, 0.717) is 5.88 Å². The molecule has 2 aromatic heterocycles. The minimum absolute atomic E-state index is 0.693. The van der Waals surface area contributed by atoms with E-state index in [-0.39, 0.29) is 0 Å². The maximum absolute atomic E-state index is 5.82. The van der Waals surface area contributed by atoms with Gasteiger partial charge in [0.15, 0.2) is 11.5 Å². The highest BCUT2D eigenvalue weighted by Gasteiger charge is 2.18. The van der Waals surface area contributed by atoms with Crippen LogP contribution in [0, 0.1) is 0 Å². The summed E-state index contributed by atoms with van der Waals surface area (Å²) in [5.41, 5.74) is 1.65. The summed E-state index contributed by atoms with van der Waals surface area (Å²) in [6.07, 6.45) is 4.37. The van der Waals surface area contributed by atoms with Crippen molar-refractivity contribution in [2.75, 3.05) is 43.5 Å². The molecule has 102 valence electrons. The Balaban J connectivity index is 1.80. The topological polar surface area (TPSA) is 60.9 Å². The van der Waals surface area contributed by atoms with Gasteiger partial charge >= 0.3 is 0 Å².